The molecule has 128 valence electrons. The molecule has 1 aromatic carbocycles. The molecule has 2 heterocycles. The van der Waals surface area contributed by atoms with Crippen LogP contribution in [-0.2, 0) is 9.53 Å². The van der Waals surface area contributed by atoms with Crippen molar-refractivity contribution in [2.75, 3.05) is 11.9 Å². The molecule has 3 rings (SSSR count). The molecular formula is C18H16N2O3S2. The Balaban J connectivity index is 1.60. The average molecular weight is 372 g/mol. The van der Waals surface area contributed by atoms with Gasteiger partial charge in [0.15, 0.2) is 6.61 Å². The number of thiophene rings is 1. The zero-order valence-corrected chi connectivity index (χ0v) is 15.4. The number of hydrogen-bond acceptors (Lipinski definition) is 6. The minimum Gasteiger partial charge on any atom is -0.451 e. The fourth-order valence-corrected chi connectivity index (χ4v) is 3.67. The van der Waals surface area contributed by atoms with Gasteiger partial charge >= 0.3 is 5.97 Å². The Morgan fingerprint density at radius 2 is 2.04 bits per heavy atom. The molecule has 0 bridgehead atoms. The Kier molecular flexibility index (Phi) is 5.25. The molecule has 0 spiro atoms. The summed E-state index contributed by atoms with van der Waals surface area (Å²) in [6.07, 6.45) is 0. The maximum atomic E-state index is 12.0. The Morgan fingerprint density at radius 3 is 2.72 bits per heavy atom. The zero-order valence-electron chi connectivity index (χ0n) is 13.7. The molecule has 1 N–H and O–H groups in total. The zero-order chi connectivity index (χ0) is 17.8. The molecule has 2 aromatic heterocycles. The van der Waals surface area contributed by atoms with Crippen molar-refractivity contribution in [1.29, 1.82) is 0 Å². The second kappa shape index (κ2) is 7.58. The number of nitrogens with zero attached hydrogens (tertiary/aromatic N) is 1. The molecule has 25 heavy (non-hydrogen) atoms. The summed E-state index contributed by atoms with van der Waals surface area (Å²) < 4.78 is 5.07. The standard InChI is InChI=1S/C18H16N2O3S2/c1-11-6-7-24-17(11)18(22)23-9-16(21)20-14-5-3-4-13(8-14)15-10-25-12(2)19-15/h3-8,10H,9H2,1-2H3,(H,20,21). The Morgan fingerprint density at radius 1 is 1.20 bits per heavy atom. The largest absolute Gasteiger partial charge is 0.451 e. The number of carbonyl (C=O) groups excluding carboxylic acids is 2. The van der Waals surface area contributed by atoms with Crippen molar-refractivity contribution in [1.82, 2.24) is 4.98 Å². The number of nitrogens with one attached hydrogen (secondary N) is 1. The number of carbonyl (C=O) groups is 2. The summed E-state index contributed by atoms with van der Waals surface area (Å²) in [5, 5.41) is 7.51. The van der Waals surface area contributed by atoms with Crippen LogP contribution in [0.15, 0.2) is 41.1 Å². The van der Waals surface area contributed by atoms with E-state index < -0.39 is 5.97 Å². The Labute approximate surface area is 153 Å². The van der Waals surface area contributed by atoms with Crippen LogP contribution in [0.4, 0.5) is 5.69 Å². The summed E-state index contributed by atoms with van der Waals surface area (Å²) in [5.74, 6) is -0.858. The molecular weight excluding hydrogens is 356 g/mol. The molecule has 0 fully saturated rings. The summed E-state index contributed by atoms with van der Waals surface area (Å²) in [4.78, 5) is 28.9. The first-order valence-corrected chi connectivity index (χ1v) is 9.32. The third kappa shape index (κ3) is 4.32. The van der Waals surface area contributed by atoms with Crippen LogP contribution in [0.3, 0.4) is 0 Å². The van der Waals surface area contributed by atoms with Crippen LogP contribution in [0.5, 0.6) is 0 Å². The van der Waals surface area contributed by atoms with Crippen molar-refractivity contribution < 1.29 is 14.3 Å². The van der Waals surface area contributed by atoms with Gasteiger partial charge in [0.05, 0.1) is 10.7 Å². The molecule has 3 aromatic rings. The number of aryl methyl sites for hydroxylation is 2. The van der Waals surface area contributed by atoms with Crippen LogP contribution in [0.1, 0.15) is 20.2 Å². The quantitative estimate of drug-likeness (QED) is 0.679. The van der Waals surface area contributed by atoms with E-state index in [1.807, 2.05) is 48.9 Å². The van der Waals surface area contributed by atoms with Gasteiger partial charge in [-0.2, -0.15) is 0 Å². The SMILES string of the molecule is Cc1nc(-c2cccc(NC(=O)COC(=O)c3sccc3C)c2)cs1. The van der Waals surface area contributed by atoms with Crippen LogP contribution >= 0.6 is 22.7 Å². The lowest BCUT2D eigenvalue weighted by Gasteiger charge is -2.07. The van der Waals surface area contributed by atoms with Crippen LogP contribution < -0.4 is 5.32 Å². The minimum atomic E-state index is -0.477. The first kappa shape index (κ1) is 17.3. The van der Waals surface area contributed by atoms with E-state index in [1.165, 1.54) is 11.3 Å². The fraction of sp³-hybridized carbons (Fsp3) is 0.167. The number of anilines is 1. The highest BCUT2D eigenvalue weighted by Crippen LogP contribution is 2.24. The van der Waals surface area contributed by atoms with E-state index in [2.05, 4.69) is 10.3 Å². The van der Waals surface area contributed by atoms with Crippen molar-refractivity contribution in [3.05, 3.63) is 56.5 Å². The smallest absolute Gasteiger partial charge is 0.349 e. The van der Waals surface area contributed by atoms with E-state index in [0.29, 0.717) is 10.6 Å². The van der Waals surface area contributed by atoms with Crippen LogP contribution in [0, 0.1) is 13.8 Å². The summed E-state index contributed by atoms with van der Waals surface area (Å²) in [5.41, 5.74) is 3.28. The summed E-state index contributed by atoms with van der Waals surface area (Å²) in [6, 6.07) is 9.25. The maximum absolute atomic E-state index is 12.0. The lowest BCUT2D eigenvalue weighted by Crippen LogP contribution is -2.20. The van der Waals surface area contributed by atoms with E-state index in [1.54, 1.807) is 17.4 Å². The van der Waals surface area contributed by atoms with E-state index in [9.17, 15) is 9.59 Å². The summed E-state index contributed by atoms with van der Waals surface area (Å²) in [7, 11) is 0. The van der Waals surface area contributed by atoms with Crippen LogP contribution in [-0.4, -0.2) is 23.5 Å². The van der Waals surface area contributed by atoms with Gasteiger partial charge < -0.3 is 10.1 Å². The van der Waals surface area contributed by atoms with Crippen molar-refractivity contribution in [3.8, 4) is 11.3 Å². The second-order valence-electron chi connectivity index (χ2n) is 5.39. The van der Waals surface area contributed by atoms with Crippen molar-refractivity contribution >= 4 is 40.2 Å². The predicted molar refractivity (Wildman–Crippen MR) is 100 cm³/mol. The number of benzene rings is 1. The normalized spacial score (nSPS) is 10.5. The molecule has 0 aliphatic carbocycles. The third-order valence-electron chi connectivity index (χ3n) is 3.44. The van der Waals surface area contributed by atoms with Gasteiger partial charge in [0.25, 0.3) is 5.91 Å². The van der Waals surface area contributed by atoms with Gasteiger partial charge in [-0.3, -0.25) is 4.79 Å². The highest BCUT2D eigenvalue weighted by Gasteiger charge is 2.14. The maximum Gasteiger partial charge on any atom is 0.349 e. The highest BCUT2D eigenvalue weighted by molar-refractivity contribution is 7.12. The van der Waals surface area contributed by atoms with E-state index >= 15 is 0 Å². The number of amides is 1. The lowest BCUT2D eigenvalue weighted by molar-refractivity contribution is -0.119. The topological polar surface area (TPSA) is 68.3 Å². The Bertz CT molecular complexity index is 914. The highest BCUT2D eigenvalue weighted by atomic mass is 32.1. The first-order valence-electron chi connectivity index (χ1n) is 7.56. The van der Waals surface area contributed by atoms with Crippen molar-refractivity contribution in [2.24, 2.45) is 0 Å². The number of rotatable bonds is 5. The van der Waals surface area contributed by atoms with Gasteiger partial charge in [-0.1, -0.05) is 12.1 Å². The van der Waals surface area contributed by atoms with Gasteiger partial charge in [-0.15, -0.1) is 22.7 Å². The predicted octanol–water partition coefficient (Wildman–Crippen LogP) is 4.28. The third-order valence-corrected chi connectivity index (χ3v) is 5.21. The summed E-state index contributed by atoms with van der Waals surface area (Å²) >= 11 is 2.88. The lowest BCUT2D eigenvalue weighted by atomic mass is 10.1. The van der Waals surface area contributed by atoms with Gasteiger partial charge in [-0.25, -0.2) is 9.78 Å². The molecule has 0 radical (unpaired) electrons. The number of esters is 1. The number of hydrogen-bond donors (Lipinski definition) is 1. The molecule has 0 saturated carbocycles. The molecule has 0 unspecified atom stereocenters. The molecule has 5 nitrogen and oxygen atoms in total. The molecule has 0 atom stereocenters. The molecule has 0 aliphatic heterocycles. The number of aromatic nitrogens is 1. The molecule has 1 amide bonds. The van der Waals surface area contributed by atoms with Crippen LogP contribution in [0.25, 0.3) is 11.3 Å². The van der Waals surface area contributed by atoms with E-state index in [0.717, 1.165) is 21.8 Å². The Hall–Kier alpha value is -2.51. The second-order valence-corrected chi connectivity index (χ2v) is 7.37. The van der Waals surface area contributed by atoms with E-state index in [-0.39, 0.29) is 12.5 Å². The van der Waals surface area contributed by atoms with E-state index in [4.69, 9.17) is 4.74 Å². The average Bonchev–Trinajstić information content (AvgIpc) is 3.21. The number of ether oxygens (including phenoxy) is 1. The summed E-state index contributed by atoms with van der Waals surface area (Å²) in [6.45, 7) is 3.46. The molecule has 7 heteroatoms. The number of thiazole rings is 1. The fourth-order valence-electron chi connectivity index (χ4n) is 2.23. The van der Waals surface area contributed by atoms with Gasteiger partial charge in [0.2, 0.25) is 0 Å². The molecule has 0 saturated heterocycles. The van der Waals surface area contributed by atoms with Gasteiger partial charge in [0, 0.05) is 16.6 Å². The monoisotopic (exact) mass is 372 g/mol. The minimum absolute atomic E-state index is 0.323. The molecule has 0 aliphatic rings. The van der Waals surface area contributed by atoms with Gasteiger partial charge in [0.1, 0.15) is 4.88 Å². The van der Waals surface area contributed by atoms with Crippen molar-refractivity contribution in [2.45, 2.75) is 13.8 Å². The van der Waals surface area contributed by atoms with Gasteiger partial charge in [-0.05, 0) is 43.0 Å². The first-order chi connectivity index (χ1) is 12.0. The van der Waals surface area contributed by atoms with Crippen LogP contribution in [0.2, 0.25) is 0 Å². The van der Waals surface area contributed by atoms with Crippen molar-refractivity contribution in [3.63, 3.8) is 0 Å².